The molecule has 2 fully saturated rings. The van der Waals surface area contributed by atoms with Crippen LogP contribution in [0, 0.1) is 5.92 Å². The highest BCUT2D eigenvalue weighted by Gasteiger charge is 2.34. The maximum Gasteiger partial charge on any atom is 0.0249 e. The van der Waals surface area contributed by atoms with Crippen LogP contribution in [0.4, 0.5) is 0 Å². The van der Waals surface area contributed by atoms with E-state index in [2.05, 4.69) is 23.4 Å². The van der Waals surface area contributed by atoms with Gasteiger partial charge in [0.05, 0.1) is 0 Å². The van der Waals surface area contributed by atoms with E-state index >= 15 is 0 Å². The van der Waals surface area contributed by atoms with E-state index in [4.69, 9.17) is 0 Å². The summed E-state index contributed by atoms with van der Waals surface area (Å²) >= 11 is 1.96. The van der Waals surface area contributed by atoms with Crippen LogP contribution >= 0.6 is 11.8 Å². The lowest BCUT2D eigenvalue weighted by Gasteiger charge is -2.33. The average Bonchev–Trinajstić information content (AvgIpc) is 2.70. The van der Waals surface area contributed by atoms with E-state index in [1.165, 1.54) is 51.1 Å². The quantitative estimate of drug-likeness (QED) is 0.796. The Morgan fingerprint density at radius 3 is 3.00 bits per heavy atom. The molecule has 2 aliphatic heterocycles. The Bertz CT molecular complexity index is 210. The fourth-order valence-electron chi connectivity index (χ4n) is 3.18. The molecule has 3 unspecified atom stereocenters. The minimum Gasteiger partial charge on any atom is -0.312 e. The van der Waals surface area contributed by atoms with Crippen LogP contribution in [0.3, 0.4) is 0 Å². The highest BCUT2D eigenvalue weighted by Crippen LogP contribution is 2.27. The molecule has 0 saturated carbocycles. The summed E-state index contributed by atoms with van der Waals surface area (Å²) in [7, 11) is 0. The van der Waals surface area contributed by atoms with Gasteiger partial charge in [0.15, 0.2) is 0 Å². The molecular formula is C13H26N2S. The number of fused-ring (bicyclic) bond motifs is 1. The first kappa shape index (κ1) is 12.7. The summed E-state index contributed by atoms with van der Waals surface area (Å²) in [4.78, 5) is 2.71. The first-order chi connectivity index (χ1) is 7.81. The minimum atomic E-state index is 0.782. The van der Waals surface area contributed by atoms with E-state index < -0.39 is 0 Å². The predicted molar refractivity (Wildman–Crippen MR) is 73.2 cm³/mol. The van der Waals surface area contributed by atoms with Crippen molar-refractivity contribution in [1.82, 2.24) is 10.2 Å². The van der Waals surface area contributed by atoms with Gasteiger partial charge in [0, 0.05) is 18.6 Å². The second kappa shape index (κ2) is 6.27. The largest absolute Gasteiger partial charge is 0.312 e. The van der Waals surface area contributed by atoms with Crippen molar-refractivity contribution in [3.63, 3.8) is 0 Å². The Labute approximate surface area is 105 Å². The number of hydrogen-bond acceptors (Lipinski definition) is 3. The van der Waals surface area contributed by atoms with Gasteiger partial charge in [-0.2, -0.15) is 11.8 Å². The van der Waals surface area contributed by atoms with Crippen LogP contribution < -0.4 is 5.32 Å². The van der Waals surface area contributed by atoms with E-state index in [-0.39, 0.29) is 0 Å². The van der Waals surface area contributed by atoms with Gasteiger partial charge in [-0.1, -0.05) is 13.3 Å². The van der Waals surface area contributed by atoms with E-state index in [0.717, 1.165) is 18.0 Å². The highest BCUT2D eigenvalue weighted by molar-refractivity contribution is 7.98. The molecule has 0 bridgehead atoms. The Kier molecular flexibility index (Phi) is 4.98. The summed E-state index contributed by atoms with van der Waals surface area (Å²) in [5.74, 6) is 2.10. The Balaban J connectivity index is 1.73. The third-order valence-corrected chi connectivity index (χ3v) is 4.94. The van der Waals surface area contributed by atoms with Crippen molar-refractivity contribution in [3.05, 3.63) is 0 Å². The lowest BCUT2D eigenvalue weighted by molar-refractivity contribution is 0.179. The zero-order valence-electron chi connectivity index (χ0n) is 10.7. The SMILES string of the molecule is CSCC(C)CNC1CCN2CCCCC12. The summed E-state index contributed by atoms with van der Waals surface area (Å²) in [6.07, 6.45) is 7.87. The molecule has 0 aromatic heterocycles. The van der Waals surface area contributed by atoms with E-state index in [0.29, 0.717) is 0 Å². The zero-order chi connectivity index (χ0) is 11.4. The molecule has 0 amide bonds. The number of rotatable bonds is 5. The number of nitrogens with zero attached hydrogens (tertiary/aromatic N) is 1. The molecule has 0 aliphatic carbocycles. The summed E-state index contributed by atoms with van der Waals surface area (Å²) < 4.78 is 0. The molecule has 16 heavy (non-hydrogen) atoms. The lowest BCUT2D eigenvalue weighted by atomic mass is 9.99. The van der Waals surface area contributed by atoms with Crippen molar-refractivity contribution in [2.24, 2.45) is 5.92 Å². The van der Waals surface area contributed by atoms with Crippen molar-refractivity contribution in [2.75, 3.05) is 31.6 Å². The molecule has 1 N–H and O–H groups in total. The molecule has 2 aliphatic rings. The molecule has 3 atom stereocenters. The van der Waals surface area contributed by atoms with Crippen LogP contribution in [-0.4, -0.2) is 48.6 Å². The van der Waals surface area contributed by atoms with Crippen molar-refractivity contribution in [1.29, 1.82) is 0 Å². The monoisotopic (exact) mass is 242 g/mol. The molecule has 2 rings (SSSR count). The minimum absolute atomic E-state index is 0.782. The summed E-state index contributed by atoms with van der Waals surface area (Å²) in [5.41, 5.74) is 0. The molecule has 0 aromatic carbocycles. The van der Waals surface area contributed by atoms with Gasteiger partial charge in [0.1, 0.15) is 0 Å². The molecule has 0 aromatic rings. The average molecular weight is 242 g/mol. The normalized spacial score (nSPS) is 32.6. The summed E-state index contributed by atoms with van der Waals surface area (Å²) in [5, 5.41) is 3.81. The van der Waals surface area contributed by atoms with Gasteiger partial charge in [0.25, 0.3) is 0 Å². The number of nitrogens with one attached hydrogen (secondary N) is 1. The van der Waals surface area contributed by atoms with Gasteiger partial charge < -0.3 is 5.32 Å². The van der Waals surface area contributed by atoms with Crippen LogP contribution in [0.1, 0.15) is 32.6 Å². The summed E-state index contributed by atoms with van der Waals surface area (Å²) in [6, 6.07) is 1.64. The van der Waals surface area contributed by atoms with E-state index in [1.807, 2.05) is 11.8 Å². The smallest absolute Gasteiger partial charge is 0.0249 e. The van der Waals surface area contributed by atoms with E-state index in [1.54, 1.807) is 0 Å². The van der Waals surface area contributed by atoms with Gasteiger partial charge >= 0.3 is 0 Å². The molecule has 0 spiro atoms. The van der Waals surface area contributed by atoms with Crippen molar-refractivity contribution in [2.45, 2.75) is 44.7 Å². The first-order valence-electron chi connectivity index (χ1n) is 6.77. The van der Waals surface area contributed by atoms with Crippen LogP contribution in [-0.2, 0) is 0 Å². The number of thioether (sulfide) groups is 1. The molecule has 2 nitrogen and oxygen atoms in total. The topological polar surface area (TPSA) is 15.3 Å². The summed E-state index contributed by atoms with van der Waals surface area (Å²) in [6.45, 7) is 6.25. The maximum atomic E-state index is 3.81. The molecular weight excluding hydrogens is 216 g/mol. The van der Waals surface area contributed by atoms with Crippen molar-refractivity contribution >= 4 is 11.8 Å². The van der Waals surface area contributed by atoms with E-state index in [9.17, 15) is 0 Å². The van der Waals surface area contributed by atoms with Crippen molar-refractivity contribution < 1.29 is 0 Å². The molecule has 2 heterocycles. The van der Waals surface area contributed by atoms with Gasteiger partial charge in [-0.3, -0.25) is 4.90 Å². The van der Waals surface area contributed by atoms with Gasteiger partial charge in [0.2, 0.25) is 0 Å². The zero-order valence-corrected chi connectivity index (χ0v) is 11.6. The fourth-order valence-corrected chi connectivity index (χ4v) is 3.87. The Morgan fingerprint density at radius 2 is 2.19 bits per heavy atom. The van der Waals surface area contributed by atoms with Crippen LogP contribution in [0.2, 0.25) is 0 Å². The molecule has 3 heteroatoms. The number of hydrogen-bond donors (Lipinski definition) is 1. The van der Waals surface area contributed by atoms with Crippen molar-refractivity contribution in [3.8, 4) is 0 Å². The molecule has 2 saturated heterocycles. The maximum absolute atomic E-state index is 3.81. The van der Waals surface area contributed by atoms with Gasteiger partial charge in [-0.25, -0.2) is 0 Å². The lowest BCUT2D eigenvalue weighted by Crippen LogP contribution is -2.46. The fraction of sp³-hybridized carbons (Fsp3) is 1.00. The third kappa shape index (κ3) is 3.14. The van der Waals surface area contributed by atoms with Crippen LogP contribution in [0.5, 0.6) is 0 Å². The second-order valence-electron chi connectivity index (χ2n) is 5.46. The van der Waals surface area contributed by atoms with Crippen LogP contribution in [0.25, 0.3) is 0 Å². The first-order valence-corrected chi connectivity index (χ1v) is 8.17. The Morgan fingerprint density at radius 1 is 1.31 bits per heavy atom. The Hall–Kier alpha value is 0.270. The molecule has 94 valence electrons. The predicted octanol–water partition coefficient (Wildman–Crippen LogP) is 2.20. The van der Waals surface area contributed by atoms with Gasteiger partial charge in [-0.15, -0.1) is 0 Å². The molecule has 0 radical (unpaired) electrons. The number of piperidine rings is 1. The second-order valence-corrected chi connectivity index (χ2v) is 6.37. The third-order valence-electron chi connectivity index (χ3n) is 4.04. The van der Waals surface area contributed by atoms with Crippen LogP contribution in [0.15, 0.2) is 0 Å². The highest BCUT2D eigenvalue weighted by atomic mass is 32.2. The van der Waals surface area contributed by atoms with Gasteiger partial charge in [-0.05, 0) is 50.3 Å². The standard InChI is InChI=1S/C13H26N2S/c1-11(10-16-2)9-14-12-6-8-15-7-4-3-5-13(12)15/h11-14H,3-10H2,1-2H3.